The van der Waals surface area contributed by atoms with Crippen LogP contribution in [0, 0.1) is 0 Å². The average molecular weight is 289 g/mol. The summed E-state index contributed by atoms with van der Waals surface area (Å²) in [6.45, 7) is 2.41. The summed E-state index contributed by atoms with van der Waals surface area (Å²) in [5.41, 5.74) is 6.79. The van der Waals surface area contributed by atoms with Crippen molar-refractivity contribution in [2.75, 3.05) is 20.0 Å². The predicted molar refractivity (Wildman–Crippen MR) is 72.8 cm³/mol. The van der Waals surface area contributed by atoms with Crippen molar-refractivity contribution in [3.63, 3.8) is 0 Å². The number of methoxy groups -OCH3 is 1. The summed E-state index contributed by atoms with van der Waals surface area (Å²) in [6.07, 6.45) is 4.84. The van der Waals surface area contributed by atoms with E-state index in [0.29, 0.717) is 28.9 Å². The summed E-state index contributed by atoms with van der Waals surface area (Å²) in [6, 6.07) is 0. The van der Waals surface area contributed by atoms with E-state index in [9.17, 15) is 0 Å². The van der Waals surface area contributed by atoms with Crippen molar-refractivity contribution >= 4 is 29.8 Å². The van der Waals surface area contributed by atoms with E-state index in [1.54, 1.807) is 6.20 Å². The molecule has 0 atom stereocenters. The Kier molecular flexibility index (Phi) is 6.69. The molecule has 0 saturated heterocycles. The third-order valence-corrected chi connectivity index (χ3v) is 2.87. The Hall–Kier alpha value is -1.12. The SMILES string of the molecule is CCOSOC=C(N)c1cnc(SC)nc1OC. The van der Waals surface area contributed by atoms with Gasteiger partial charge in [0.1, 0.15) is 6.26 Å². The highest BCUT2D eigenvalue weighted by Crippen LogP contribution is 2.23. The highest BCUT2D eigenvalue weighted by molar-refractivity contribution is 7.98. The van der Waals surface area contributed by atoms with Gasteiger partial charge >= 0.3 is 0 Å². The van der Waals surface area contributed by atoms with Crippen molar-refractivity contribution in [3.8, 4) is 5.88 Å². The molecule has 8 heteroatoms. The van der Waals surface area contributed by atoms with Gasteiger partial charge in [0.2, 0.25) is 18.2 Å². The zero-order valence-electron chi connectivity index (χ0n) is 10.4. The fourth-order valence-corrected chi connectivity index (χ4v) is 1.64. The van der Waals surface area contributed by atoms with Gasteiger partial charge in [-0.25, -0.2) is 4.98 Å². The van der Waals surface area contributed by atoms with E-state index in [-0.39, 0.29) is 0 Å². The number of aromatic nitrogens is 2. The molecule has 18 heavy (non-hydrogen) atoms. The molecule has 0 aliphatic carbocycles. The average Bonchev–Trinajstić information content (AvgIpc) is 2.42. The van der Waals surface area contributed by atoms with E-state index in [0.717, 1.165) is 12.3 Å². The van der Waals surface area contributed by atoms with Crippen LogP contribution >= 0.6 is 24.1 Å². The lowest BCUT2D eigenvalue weighted by Gasteiger charge is -2.07. The smallest absolute Gasteiger partial charge is 0.226 e. The van der Waals surface area contributed by atoms with Crippen LogP contribution in [-0.2, 0) is 8.37 Å². The lowest BCUT2D eigenvalue weighted by Crippen LogP contribution is -2.03. The third kappa shape index (κ3) is 4.28. The van der Waals surface area contributed by atoms with Crippen molar-refractivity contribution in [1.82, 2.24) is 9.97 Å². The van der Waals surface area contributed by atoms with Gasteiger partial charge in [0, 0.05) is 6.20 Å². The largest absolute Gasteiger partial charge is 0.480 e. The minimum absolute atomic E-state index is 0.367. The number of ether oxygens (including phenoxy) is 1. The second-order valence-corrected chi connectivity index (χ2v) is 4.26. The first kappa shape index (κ1) is 14.9. The molecule has 0 aliphatic heterocycles. The van der Waals surface area contributed by atoms with Crippen molar-refractivity contribution in [2.24, 2.45) is 5.73 Å². The van der Waals surface area contributed by atoms with E-state index in [2.05, 4.69) is 9.97 Å². The van der Waals surface area contributed by atoms with E-state index >= 15 is 0 Å². The second-order valence-electron chi connectivity index (χ2n) is 2.92. The summed E-state index contributed by atoms with van der Waals surface area (Å²) in [7, 11) is 1.53. The van der Waals surface area contributed by atoms with Crippen molar-refractivity contribution in [3.05, 3.63) is 18.0 Å². The molecule has 1 aromatic heterocycles. The van der Waals surface area contributed by atoms with E-state index in [4.69, 9.17) is 18.8 Å². The molecule has 2 N–H and O–H groups in total. The fraction of sp³-hybridized carbons (Fsp3) is 0.400. The molecule has 0 bridgehead atoms. The van der Waals surface area contributed by atoms with Crippen molar-refractivity contribution in [2.45, 2.75) is 12.1 Å². The Morgan fingerprint density at radius 2 is 2.33 bits per heavy atom. The monoisotopic (exact) mass is 289 g/mol. The zero-order valence-corrected chi connectivity index (χ0v) is 12.0. The molecule has 0 fully saturated rings. The maximum absolute atomic E-state index is 5.85. The number of nitrogens with two attached hydrogens (primary N) is 1. The molecule has 0 unspecified atom stereocenters. The quantitative estimate of drug-likeness (QED) is 0.269. The molecule has 1 heterocycles. The zero-order chi connectivity index (χ0) is 13.4. The third-order valence-electron chi connectivity index (χ3n) is 1.80. The molecule has 0 radical (unpaired) electrons. The second kappa shape index (κ2) is 8.06. The van der Waals surface area contributed by atoms with Crippen LogP contribution in [0.4, 0.5) is 0 Å². The highest BCUT2D eigenvalue weighted by atomic mass is 32.2. The van der Waals surface area contributed by atoms with Gasteiger partial charge in [-0.15, -0.1) is 0 Å². The Balaban J connectivity index is 2.80. The summed E-state index contributed by atoms with van der Waals surface area (Å²) >= 11 is 2.28. The van der Waals surface area contributed by atoms with Crippen LogP contribution < -0.4 is 10.5 Å². The van der Waals surface area contributed by atoms with Crippen LogP contribution in [0.25, 0.3) is 5.70 Å². The van der Waals surface area contributed by atoms with Gasteiger partial charge in [0.05, 0.1) is 25.0 Å². The Morgan fingerprint density at radius 3 is 2.94 bits per heavy atom. The normalized spacial score (nSPS) is 11.4. The molecule has 0 saturated carbocycles. The molecule has 6 nitrogen and oxygen atoms in total. The molecule has 0 aromatic carbocycles. The minimum Gasteiger partial charge on any atom is -0.480 e. The number of rotatable bonds is 7. The van der Waals surface area contributed by atoms with E-state index in [1.165, 1.54) is 25.1 Å². The molecule has 1 rings (SSSR count). The number of thioether (sulfide) groups is 1. The first-order valence-electron chi connectivity index (χ1n) is 5.08. The molecular weight excluding hydrogens is 274 g/mol. The maximum Gasteiger partial charge on any atom is 0.226 e. The van der Waals surface area contributed by atoms with E-state index < -0.39 is 0 Å². The van der Waals surface area contributed by atoms with Gasteiger partial charge in [-0.05, 0) is 13.2 Å². The number of nitrogens with zero attached hydrogens (tertiary/aromatic N) is 2. The van der Waals surface area contributed by atoms with Crippen LogP contribution in [-0.4, -0.2) is 29.9 Å². The first-order valence-corrected chi connectivity index (χ1v) is 6.98. The minimum atomic E-state index is 0.367. The van der Waals surface area contributed by atoms with Crippen LogP contribution in [0.1, 0.15) is 12.5 Å². The summed E-state index contributed by atoms with van der Waals surface area (Å²) < 4.78 is 15.1. The Morgan fingerprint density at radius 1 is 1.56 bits per heavy atom. The molecule has 1 aromatic rings. The summed E-state index contributed by atoms with van der Waals surface area (Å²) in [5.74, 6) is 0.410. The molecule has 0 spiro atoms. The fourth-order valence-electron chi connectivity index (χ4n) is 1.01. The highest BCUT2D eigenvalue weighted by Gasteiger charge is 2.10. The van der Waals surface area contributed by atoms with Crippen LogP contribution in [0.3, 0.4) is 0 Å². The van der Waals surface area contributed by atoms with Crippen LogP contribution in [0.2, 0.25) is 0 Å². The first-order chi connectivity index (χ1) is 8.72. The molecule has 100 valence electrons. The lowest BCUT2D eigenvalue weighted by molar-refractivity contribution is 0.356. The summed E-state index contributed by atoms with van der Waals surface area (Å²) in [4.78, 5) is 8.32. The molecular formula is C10H15N3O3S2. The Bertz CT molecular complexity index is 415. The summed E-state index contributed by atoms with van der Waals surface area (Å²) in [5, 5.41) is 0.619. The molecule has 0 amide bonds. The Labute approximate surface area is 115 Å². The van der Waals surface area contributed by atoms with Gasteiger partial charge in [0.25, 0.3) is 0 Å². The standard InChI is InChI=1S/C10H15N3O3S2/c1-4-15-18-16-6-8(11)7-5-12-10(17-3)13-9(7)14-2/h5-6H,4,11H2,1-3H3. The number of hydrogen-bond donors (Lipinski definition) is 1. The maximum atomic E-state index is 5.85. The van der Waals surface area contributed by atoms with Crippen LogP contribution in [0.15, 0.2) is 17.6 Å². The topological polar surface area (TPSA) is 79.5 Å². The van der Waals surface area contributed by atoms with E-state index in [1.807, 2.05) is 13.2 Å². The number of hydrogen-bond acceptors (Lipinski definition) is 8. The predicted octanol–water partition coefficient (Wildman–Crippen LogP) is 2.08. The van der Waals surface area contributed by atoms with Crippen LogP contribution in [0.5, 0.6) is 5.88 Å². The van der Waals surface area contributed by atoms with Gasteiger partial charge in [-0.3, -0.25) is 4.18 Å². The van der Waals surface area contributed by atoms with Crippen molar-refractivity contribution in [1.29, 1.82) is 0 Å². The van der Waals surface area contributed by atoms with Gasteiger partial charge < -0.3 is 14.7 Å². The molecule has 0 aliphatic rings. The lowest BCUT2D eigenvalue weighted by atomic mass is 10.2. The van der Waals surface area contributed by atoms with Gasteiger partial charge in [-0.2, -0.15) is 4.98 Å². The van der Waals surface area contributed by atoms with Crippen molar-refractivity contribution < 1.29 is 13.1 Å². The van der Waals surface area contributed by atoms with Gasteiger partial charge in [0.15, 0.2) is 5.16 Å². The van der Waals surface area contributed by atoms with Gasteiger partial charge in [-0.1, -0.05) is 11.8 Å².